The number of aromatic nitrogens is 3. The van der Waals surface area contributed by atoms with Crippen LogP contribution in [-0.4, -0.2) is 72.6 Å². The standard InChI is InChI=1S/C22H23FN4O5S2/c1-31-20(28)15-33-22-25-24-21(27(22)14-16-5-7-18(23)8-6-16)17-3-2-4-19(13-17)34(29,30)26-9-11-32-12-10-26/h2-8,13H,9-12,14-15H2,1H3. The number of thioether (sulfide) groups is 1. The molecule has 0 saturated carbocycles. The third-order valence-corrected chi connectivity index (χ3v) is 8.05. The number of sulfonamides is 1. The van der Waals surface area contributed by atoms with E-state index in [1.54, 1.807) is 41.0 Å². The number of morpholine rings is 1. The van der Waals surface area contributed by atoms with Gasteiger partial charge >= 0.3 is 5.97 Å². The second-order valence-electron chi connectivity index (χ2n) is 7.43. The van der Waals surface area contributed by atoms with Crippen LogP contribution in [0.4, 0.5) is 4.39 Å². The zero-order valence-electron chi connectivity index (χ0n) is 18.4. The Labute approximate surface area is 200 Å². The lowest BCUT2D eigenvalue weighted by Crippen LogP contribution is -2.40. The maximum Gasteiger partial charge on any atom is 0.316 e. The molecule has 1 aliphatic rings. The Morgan fingerprint density at radius 1 is 1.15 bits per heavy atom. The highest BCUT2D eigenvalue weighted by molar-refractivity contribution is 7.99. The van der Waals surface area contributed by atoms with E-state index in [-0.39, 0.29) is 16.5 Å². The molecule has 2 heterocycles. The van der Waals surface area contributed by atoms with Crippen molar-refractivity contribution in [1.82, 2.24) is 19.1 Å². The number of carbonyl (C=O) groups is 1. The van der Waals surface area contributed by atoms with Gasteiger partial charge in [0.15, 0.2) is 11.0 Å². The van der Waals surface area contributed by atoms with E-state index in [1.165, 1.54) is 23.5 Å². The van der Waals surface area contributed by atoms with Crippen LogP contribution in [0.1, 0.15) is 5.56 Å². The van der Waals surface area contributed by atoms with Crippen molar-refractivity contribution in [3.05, 3.63) is 59.9 Å². The number of hydrogen-bond donors (Lipinski definition) is 0. The number of nitrogens with zero attached hydrogens (tertiary/aromatic N) is 4. The molecular weight excluding hydrogens is 483 g/mol. The van der Waals surface area contributed by atoms with Crippen LogP contribution in [-0.2, 0) is 30.8 Å². The first-order valence-electron chi connectivity index (χ1n) is 10.4. The number of methoxy groups -OCH3 is 1. The van der Waals surface area contributed by atoms with E-state index in [0.717, 1.165) is 17.3 Å². The van der Waals surface area contributed by atoms with Gasteiger partial charge in [0.1, 0.15) is 5.82 Å². The van der Waals surface area contributed by atoms with Gasteiger partial charge < -0.3 is 9.47 Å². The number of hydrogen-bond acceptors (Lipinski definition) is 8. The third kappa shape index (κ3) is 5.46. The van der Waals surface area contributed by atoms with Crippen molar-refractivity contribution in [3.63, 3.8) is 0 Å². The van der Waals surface area contributed by atoms with Crippen molar-refractivity contribution < 1.29 is 27.1 Å². The summed E-state index contributed by atoms with van der Waals surface area (Å²) in [6.45, 7) is 1.59. The van der Waals surface area contributed by atoms with Crippen molar-refractivity contribution in [2.24, 2.45) is 0 Å². The molecule has 4 rings (SSSR count). The van der Waals surface area contributed by atoms with Gasteiger partial charge in [0.2, 0.25) is 10.0 Å². The van der Waals surface area contributed by atoms with Gasteiger partial charge in [-0.05, 0) is 29.8 Å². The minimum absolute atomic E-state index is 0.0313. The van der Waals surface area contributed by atoms with Crippen LogP contribution in [0.25, 0.3) is 11.4 Å². The van der Waals surface area contributed by atoms with Gasteiger partial charge in [0, 0.05) is 18.7 Å². The molecule has 1 aliphatic heterocycles. The van der Waals surface area contributed by atoms with Crippen LogP contribution in [0.2, 0.25) is 0 Å². The lowest BCUT2D eigenvalue weighted by atomic mass is 10.2. The van der Waals surface area contributed by atoms with Gasteiger partial charge in [-0.1, -0.05) is 36.0 Å². The molecule has 1 aromatic heterocycles. The summed E-state index contributed by atoms with van der Waals surface area (Å²) >= 11 is 1.15. The second kappa shape index (κ2) is 10.6. The highest BCUT2D eigenvalue weighted by Crippen LogP contribution is 2.28. The van der Waals surface area contributed by atoms with E-state index in [1.807, 2.05) is 0 Å². The average Bonchev–Trinajstić information content (AvgIpc) is 3.26. The molecule has 1 fully saturated rings. The smallest absolute Gasteiger partial charge is 0.316 e. The molecular formula is C22H23FN4O5S2. The molecule has 1 saturated heterocycles. The van der Waals surface area contributed by atoms with Crippen LogP contribution in [0.3, 0.4) is 0 Å². The summed E-state index contributed by atoms with van der Waals surface area (Å²) in [4.78, 5) is 11.8. The lowest BCUT2D eigenvalue weighted by Gasteiger charge is -2.26. The van der Waals surface area contributed by atoms with Gasteiger partial charge in [0.05, 0.1) is 37.5 Å². The largest absolute Gasteiger partial charge is 0.468 e. The summed E-state index contributed by atoms with van der Waals surface area (Å²) in [6.07, 6.45) is 0. The average molecular weight is 507 g/mol. The third-order valence-electron chi connectivity index (χ3n) is 5.22. The minimum atomic E-state index is -3.70. The van der Waals surface area contributed by atoms with Gasteiger partial charge in [-0.25, -0.2) is 12.8 Å². The fourth-order valence-electron chi connectivity index (χ4n) is 3.44. The molecule has 0 radical (unpaired) electrons. The normalized spacial score (nSPS) is 14.8. The van der Waals surface area contributed by atoms with Crippen LogP contribution in [0.5, 0.6) is 0 Å². The first kappa shape index (κ1) is 24.3. The van der Waals surface area contributed by atoms with Crippen LogP contribution in [0, 0.1) is 5.82 Å². The van der Waals surface area contributed by atoms with Gasteiger partial charge in [-0.3, -0.25) is 9.36 Å². The number of esters is 1. The fourth-order valence-corrected chi connectivity index (χ4v) is 5.66. The molecule has 0 unspecified atom stereocenters. The highest BCUT2D eigenvalue weighted by Gasteiger charge is 2.27. The molecule has 3 aromatic rings. The SMILES string of the molecule is COC(=O)CSc1nnc(-c2cccc(S(=O)(=O)N3CCOCC3)c2)n1Cc1ccc(F)cc1. The van der Waals surface area contributed by atoms with Crippen molar-refractivity contribution >= 4 is 27.8 Å². The minimum Gasteiger partial charge on any atom is -0.468 e. The fraction of sp³-hybridized carbons (Fsp3) is 0.318. The zero-order chi connectivity index (χ0) is 24.1. The van der Waals surface area contributed by atoms with E-state index in [2.05, 4.69) is 10.2 Å². The topological polar surface area (TPSA) is 104 Å². The van der Waals surface area contributed by atoms with Crippen LogP contribution < -0.4 is 0 Å². The molecule has 2 aromatic carbocycles. The first-order chi connectivity index (χ1) is 16.4. The quantitative estimate of drug-likeness (QED) is 0.339. The number of ether oxygens (including phenoxy) is 2. The van der Waals surface area contributed by atoms with E-state index in [4.69, 9.17) is 9.47 Å². The Morgan fingerprint density at radius 2 is 1.88 bits per heavy atom. The molecule has 12 heteroatoms. The van der Waals surface area contributed by atoms with E-state index in [9.17, 15) is 17.6 Å². The Morgan fingerprint density at radius 3 is 2.59 bits per heavy atom. The Kier molecular flexibility index (Phi) is 7.61. The predicted octanol–water partition coefficient (Wildman–Crippen LogP) is 2.42. The van der Waals surface area contributed by atoms with Crippen molar-refractivity contribution in [3.8, 4) is 11.4 Å². The zero-order valence-corrected chi connectivity index (χ0v) is 20.0. The van der Waals surface area contributed by atoms with Gasteiger partial charge in [-0.2, -0.15) is 4.31 Å². The number of halogens is 1. The predicted molar refractivity (Wildman–Crippen MR) is 123 cm³/mol. The molecule has 180 valence electrons. The maximum atomic E-state index is 13.4. The summed E-state index contributed by atoms with van der Waals surface area (Å²) in [5.74, 6) is -0.310. The lowest BCUT2D eigenvalue weighted by molar-refractivity contribution is -0.137. The molecule has 0 spiro atoms. The maximum absolute atomic E-state index is 13.4. The van der Waals surface area contributed by atoms with Crippen molar-refractivity contribution in [2.75, 3.05) is 39.2 Å². The summed E-state index contributed by atoms with van der Waals surface area (Å²) in [5.41, 5.74) is 1.34. The number of rotatable bonds is 8. The van der Waals surface area contributed by atoms with Crippen LogP contribution in [0.15, 0.2) is 58.6 Å². The molecule has 9 nitrogen and oxygen atoms in total. The number of benzene rings is 2. The summed E-state index contributed by atoms with van der Waals surface area (Å²) < 4.78 is 52.8. The first-order valence-corrected chi connectivity index (χ1v) is 12.9. The molecule has 0 atom stereocenters. The Hall–Kier alpha value is -2.80. The van der Waals surface area contributed by atoms with E-state index < -0.39 is 16.0 Å². The molecule has 0 N–H and O–H groups in total. The van der Waals surface area contributed by atoms with E-state index in [0.29, 0.717) is 49.4 Å². The highest BCUT2D eigenvalue weighted by atomic mass is 32.2. The summed E-state index contributed by atoms with van der Waals surface area (Å²) in [5, 5.41) is 8.94. The monoisotopic (exact) mass is 506 g/mol. The molecule has 0 bridgehead atoms. The molecule has 0 amide bonds. The van der Waals surface area contributed by atoms with Gasteiger partial charge in [0.25, 0.3) is 0 Å². The van der Waals surface area contributed by atoms with Crippen LogP contribution >= 0.6 is 11.8 Å². The number of carbonyl (C=O) groups excluding carboxylic acids is 1. The van der Waals surface area contributed by atoms with Gasteiger partial charge in [-0.15, -0.1) is 10.2 Å². The summed E-state index contributed by atoms with van der Waals surface area (Å²) in [7, 11) is -2.40. The second-order valence-corrected chi connectivity index (χ2v) is 10.3. The summed E-state index contributed by atoms with van der Waals surface area (Å²) in [6, 6.07) is 12.5. The van der Waals surface area contributed by atoms with Crippen molar-refractivity contribution in [1.29, 1.82) is 0 Å². The van der Waals surface area contributed by atoms with Crippen molar-refractivity contribution in [2.45, 2.75) is 16.6 Å². The van der Waals surface area contributed by atoms with E-state index >= 15 is 0 Å². The Bertz CT molecular complexity index is 1260. The Balaban J connectivity index is 1.70. The molecule has 34 heavy (non-hydrogen) atoms. The molecule has 0 aliphatic carbocycles.